The summed E-state index contributed by atoms with van der Waals surface area (Å²) in [4.78, 5) is 18.8. The first-order valence-electron chi connectivity index (χ1n) is 7.83. The van der Waals surface area contributed by atoms with E-state index in [1.807, 2.05) is 7.05 Å². The molecule has 0 unspecified atom stereocenters. The number of carbonyl (C=O) groups excluding carboxylic acids is 1. The van der Waals surface area contributed by atoms with Gasteiger partial charge in [-0.15, -0.1) is 0 Å². The maximum absolute atomic E-state index is 12.2. The summed E-state index contributed by atoms with van der Waals surface area (Å²) in [5.41, 5.74) is 0.495. The first kappa shape index (κ1) is 13.3. The molecule has 1 saturated carbocycles. The van der Waals surface area contributed by atoms with Crippen molar-refractivity contribution in [3.05, 3.63) is 18.2 Å². The number of fused-ring (bicyclic) bond motifs is 1. The van der Waals surface area contributed by atoms with Gasteiger partial charge in [-0.05, 0) is 25.2 Å². The Bertz CT molecular complexity index is 540. The van der Waals surface area contributed by atoms with Crippen molar-refractivity contribution in [2.24, 2.45) is 13.0 Å². The van der Waals surface area contributed by atoms with Gasteiger partial charge in [0.05, 0.1) is 19.0 Å². The Balaban J connectivity index is 1.34. The van der Waals surface area contributed by atoms with Crippen LogP contribution in [0.5, 0.6) is 0 Å². The van der Waals surface area contributed by atoms with Crippen LogP contribution in [-0.4, -0.2) is 58.2 Å². The summed E-state index contributed by atoms with van der Waals surface area (Å²) in [5, 5.41) is 3.11. The largest absolute Gasteiger partial charge is 0.375 e. The molecule has 2 aliphatic heterocycles. The van der Waals surface area contributed by atoms with Crippen molar-refractivity contribution in [1.29, 1.82) is 0 Å². The molecule has 114 valence electrons. The Morgan fingerprint density at radius 1 is 1.43 bits per heavy atom. The standard InChI is InChI=1S/C15H22N4O2/c1-18-6-13(16-9-18)15(20)17-11-4-12-8-21-14(10-2-3-10)7-19(12)5-11/h6,9-12,14H,2-5,7-8H2,1H3,(H,17,20)/t11-,12-,14+/m0/s1. The lowest BCUT2D eigenvalue weighted by atomic mass is 10.1. The molecule has 6 nitrogen and oxygen atoms in total. The van der Waals surface area contributed by atoms with Gasteiger partial charge in [0, 0.05) is 38.4 Å². The fraction of sp³-hybridized carbons (Fsp3) is 0.733. The van der Waals surface area contributed by atoms with Crippen LogP contribution in [0.2, 0.25) is 0 Å². The van der Waals surface area contributed by atoms with Crippen molar-refractivity contribution in [2.75, 3.05) is 19.7 Å². The van der Waals surface area contributed by atoms with E-state index in [1.165, 1.54) is 12.8 Å². The van der Waals surface area contributed by atoms with E-state index in [9.17, 15) is 4.79 Å². The lowest BCUT2D eigenvalue weighted by molar-refractivity contribution is -0.0581. The molecular weight excluding hydrogens is 268 g/mol. The Kier molecular flexibility index (Phi) is 3.23. The molecule has 1 amide bonds. The minimum absolute atomic E-state index is 0.0693. The van der Waals surface area contributed by atoms with Gasteiger partial charge in [0.1, 0.15) is 5.69 Å². The van der Waals surface area contributed by atoms with Crippen LogP contribution < -0.4 is 5.32 Å². The van der Waals surface area contributed by atoms with Crippen molar-refractivity contribution in [3.63, 3.8) is 0 Å². The zero-order valence-corrected chi connectivity index (χ0v) is 12.4. The molecule has 6 heteroatoms. The number of aromatic nitrogens is 2. The molecule has 2 saturated heterocycles. The van der Waals surface area contributed by atoms with E-state index >= 15 is 0 Å². The van der Waals surface area contributed by atoms with Gasteiger partial charge in [-0.3, -0.25) is 9.69 Å². The number of imidazole rings is 1. The Hall–Kier alpha value is -1.40. The van der Waals surface area contributed by atoms with Crippen LogP contribution in [0.3, 0.4) is 0 Å². The monoisotopic (exact) mass is 290 g/mol. The van der Waals surface area contributed by atoms with E-state index < -0.39 is 0 Å². The topological polar surface area (TPSA) is 59.4 Å². The summed E-state index contributed by atoms with van der Waals surface area (Å²) in [6, 6.07) is 0.681. The second kappa shape index (κ2) is 5.10. The first-order chi connectivity index (χ1) is 10.2. The Morgan fingerprint density at radius 2 is 2.29 bits per heavy atom. The van der Waals surface area contributed by atoms with Crippen molar-refractivity contribution in [1.82, 2.24) is 19.8 Å². The van der Waals surface area contributed by atoms with Gasteiger partial charge in [0.15, 0.2) is 0 Å². The predicted octanol–water partition coefficient (Wildman–Crippen LogP) is 0.402. The van der Waals surface area contributed by atoms with Crippen molar-refractivity contribution in [3.8, 4) is 0 Å². The van der Waals surface area contributed by atoms with Crippen LogP contribution in [-0.2, 0) is 11.8 Å². The molecule has 3 fully saturated rings. The average molecular weight is 290 g/mol. The third-order valence-corrected chi connectivity index (χ3v) is 4.87. The number of carbonyl (C=O) groups is 1. The number of ether oxygens (including phenoxy) is 1. The van der Waals surface area contributed by atoms with Crippen LogP contribution >= 0.6 is 0 Å². The lowest BCUT2D eigenvalue weighted by Crippen LogP contribution is -2.47. The molecular formula is C15H22N4O2. The maximum atomic E-state index is 12.2. The van der Waals surface area contributed by atoms with Crippen molar-refractivity contribution in [2.45, 2.75) is 37.5 Å². The molecule has 21 heavy (non-hydrogen) atoms. The quantitative estimate of drug-likeness (QED) is 0.875. The molecule has 0 bridgehead atoms. The smallest absolute Gasteiger partial charge is 0.271 e. The van der Waals surface area contributed by atoms with Crippen LogP contribution in [0.1, 0.15) is 29.8 Å². The molecule has 0 radical (unpaired) electrons. The highest BCUT2D eigenvalue weighted by molar-refractivity contribution is 5.92. The van der Waals surface area contributed by atoms with Crippen molar-refractivity contribution < 1.29 is 9.53 Å². The number of hydrogen-bond donors (Lipinski definition) is 1. The summed E-state index contributed by atoms with van der Waals surface area (Å²) < 4.78 is 7.78. The van der Waals surface area contributed by atoms with Crippen LogP contribution in [0.15, 0.2) is 12.5 Å². The summed E-state index contributed by atoms with van der Waals surface area (Å²) >= 11 is 0. The fourth-order valence-electron chi connectivity index (χ4n) is 3.55. The van der Waals surface area contributed by atoms with Gasteiger partial charge in [0.25, 0.3) is 5.91 Å². The molecule has 1 aromatic heterocycles. The summed E-state index contributed by atoms with van der Waals surface area (Å²) in [5.74, 6) is 0.716. The second-order valence-corrected chi connectivity index (χ2v) is 6.65. The number of nitrogens with zero attached hydrogens (tertiary/aromatic N) is 3. The van der Waals surface area contributed by atoms with E-state index in [-0.39, 0.29) is 11.9 Å². The molecule has 1 N–H and O–H groups in total. The summed E-state index contributed by atoms with van der Waals surface area (Å²) in [6.45, 7) is 2.79. The lowest BCUT2D eigenvalue weighted by Gasteiger charge is -2.35. The Labute approximate surface area is 124 Å². The molecule has 4 rings (SSSR count). The average Bonchev–Trinajstić information content (AvgIpc) is 3.10. The minimum atomic E-state index is -0.0693. The van der Waals surface area contributed by atoms with E-state index in [0.717, 1.165) is 32.0 Å². The highest BCUT2D eigenvalue weighted by Gasteiger charge is 2.42. The SMILES string of the molecule is Cn1cnc(C(=O)N[C@H]2C[C@H]3CO[C@@H](C4CC4)CN3C2)c1. The molecule has 0 aromatic carbocycles. The maximum Gasteiger partial charge on any atom is 0.271 e. The molecule has 0 spiro atoms. The van der Waals surface area contributed by atoms with Gasteiger partial charge in [-0.25, -0.2) is 4.98 Å². The van der Waals surface area contributed by atoms with Crippen LogP contribution in [0.25, 0.3) is 0 Å². The summed E-state index contributed by atoms with van der Waals surface area (Å²) in [6.07, 6.45) is 7.46. The second-order valence-electron chi connectivity index (χ2n) is 6.65. The first-order valence-corrected chi connectivity index (χ1v) is 7.83. The molecule has 1 aliphatic carbocycles. The number of hydrogen-bond acceptors (Lipinski definition) is 4. The van der Waals surface area contributed by atoms with E-state index in [0.29, 0.717) is 17.8 Å². The number of nitrogens with one attached hydrogen (secondary N) is 1. The van der Waals surface area contributed by atoms with Gasteiger partial charge >= 0.3 is 0 Å². The zero-order valence-electron chi connectivity index (χ0n) is 12.4. The van der Waals surface area contributed by atoms with E-state index in [2.05, 4.69) is 15.2 Å². The van der Waals surface area contributed by atoms with Gasteiger partial charge in [-0.2, -0.15) is 0 Å². The number of morpholine rings is 1. The normalized spacial score (nSPS) is 32.9. The molecule has 3 aliphatic rings. The van der Waals surface area contributed by atoms with Gasteiger partial charge in [0.2, 0.25) is 0 Å². The van der Waals surface area contributed by atoms with Crippen molar-refractivity contribution >= 4 is 5.91 Å². The Morgan fingerprint density at radius 3 is 3.00 bits per heavy atom. The third-order valence-electron chi connectivity index (χ3n) is 4.87. The van der Waals surface area contributed by atoms with E-state index in [4.69, 9.17) is 4.74 Å². The summed E-state index contributed by atoms with van der Waals surface area (Å²) in [7, 11) is 1.87. The van der Waals surface area contributed by atoms with E-state index in [1.54, 1.807) is 17.1 Å². The number of amides is 1. The molecule has 3 atom stereocenters. The number of aryl methyl sites for hydroxylation is 1. The highest BCUT2D eigenvalue weighted by atomic mass is 16.5. The van der Waals surface area contributed by atoms with Gasteiger partial charge in [-0.1, -0.05) is 0 Å². The van der Waals surface area contributed by atoms with Crippen LogP contribution in [0, 0.1) is 5.92 Å². The van der Waals surface area contributed by atoms with Gasteiger partial charge < -0.3 is 14.6 Å². The third kappa shape index (κ3) is 2.70. The zero-order chi connectivity index (χ0) is 14.4. The number of rotatable bonds is 3. The van der Waals surface area contributed by atoms with Crippen LogP contribution in [0.4, 0.5) is 0 Å². The minimum Gasteiger partial charge on any atom is -0.375 e. The predicted molar refractivity (Wildman–Crippen MR) is 76.9 cm³/mol. The molecule has 3 heterocycles. The highest BCUT2D eigenvalue weighted by Crippen LogP contribution is 2.37. The molecule has 1 aromatic rings. The fourth-order valence-corrected chi connectivity index (χ4v) is 3.55.